The molecular formula is C23H31FN2O2. The summed E-state index contributed by atoms with van der Waals surface area (Å²) in [5, 5.41) is 3.41. The van der Waals surface area contributed by atoms with Crippen molar-refractivity contribution in [3.05, 3.63) is 65.0 Å². The van der Waals surface area contributed by atoms with E-state index in [1.165, 1.54) is 11.6 Å². The van der Waals surface area contributed by atoms with Crippen LogP contribution in [0.2, 0.25) is 0 Å². The van der Waals surface area contributed by atoms with Gasteiger partial charge in [0.15, 0.2) is 0 Å². The Bertz CT molecular complexity index is 747. The first-order chi connectivity index (χ1) is 13.6. The number of hydrogen-bond donors (Lipinski definition) is 1. The van der Waals surface area contributed by atoms with Gasteiger partial charge in [0.05, 0.1) is 0 Å². The Morgan fingerprint density at radius 2 is 1.86 bits per heavy atom. The van der Waals surface area contributed by atoms with E-state index in [9.17, 15) is 4.39 Å². The van der Waals surface area contributed by atoms with E-state index in [4.69, 9.17) is 9.47 Å². The SMILES string of the molecule is Cc1cc(CNCc2cccc(OCCN(C)C3CCOCC3)c2)ccc1F. The number of aryl methyl sites for hydroxylation is 1. The predicted octanol–water partition coefficient (Wildman–Crippen LogP) is 3.91. The number of halogens is 1. The molecule has 0 aromatic heterocycles. The lowest BCUT2D eigenvalue weighted by atomic mass is 10.1. The number of rotatable bonds is 9. The summed E-state index contributed by atoms with van der Waals surface area (Å²) in [5.74, 6) is 0.744. The summed E-state index contributed by atoms with van der Waals surface area (Å²) in [6.07, 6.45) is 2.20. The highest BCUT2D eigenvalue weighted by Gasteiger charge is 2.17. The molecule has 0 amide bonds. The van der Waals surface area contributed by atoms with Gasteiger partial charge in [-0.05, 0) is 61.7 Å². The Morgan fingerprint density at radius 1 is 1.11 bits per heavy atom. The van der Waals surface area contributed by atoms with Crippen molar-refractivity contribution in [3.63, 3.8) is 0 Å². The van der Waals surface area contributed by atoms with Crippen LogP contribution in [0, 0.1) is 12.7 Å². The molecule has 0 saturated carbocycles. The monoisotopic (exact) mass is 386 g/mol. The van der Waals surface area contributed by atoms with E-state index in [0.29, 0.717) is 24.8 Å². The van der Waals surface area contributed by atoms with Crippen molar-refractivity contribution in [1.82, 2.24) is 10.2 Å². The van der Waals surface area contributed by atoms with E-state index < -0.39 is 0 Å². The van der Waals surface area contributed by atoms with E-state index in [2.05, 4.69) is 29.4 Å². The molecule has 1 aliphatic rings. The standard InChI is InChI=1S/C23H31FN2O2/c1-18-14-20(6-7-23(18)24)17-25-16-19-4-3-5-22(15-19)28-13-10-26(2)21-8-11-27-12-9-21/h3-7,14-15,21,25H,8-13,16-17H2,1-2H3. The lowest BCUT2D eigenvalue weighted by Crippen LogP contribution is -2.38. The molecule has 0 spiro atoms. The van der Waals surface area contributed by atoms with Crippen LogP contribution in [0.5, 0.6) is 5.75 Å². The van der Waals surface area contributed by atoms with E-state index >= 15 is 0 Å². The van der Waals surface area contributed by atoms with Crippen LogP contribution in [0.25, 0.3) is 0 Å². The highest BCUT2D eigenvalue weighted by atomic mass is 19.1. The average Bonchev–Trinajstić information content (AvgIpc) is 2.71. The summed E-state index contributed by atoms with van der Waals surface area (Å²) in [5.41, 5.74) is 2.94. The lowest BCUT2D eigenvalue weighted by Gasteiger charge is -2.31. The van der Waals surface area contributed by atoms with Gasteiger partial charge in [0.25, 0.3) is 0 Å². The molecule has 1 heterocycles. The first kappa shape index (κ1) is 20.8. The largest absolute Gasteiger partial charge is 0.492 e. The topological polar surface area (TPSA) is 33.7 Å². The predicted molar refractivity (Wildman–Crippen MR) is 110 cm³/mol. The van der Waals surface area contributed by atoms with Crippen LogP contribution in [0.15, 0.2) is 42.5 Å². The van der Waals surface area contributed by atoms with Gasteiger partial charge in [-0.1, -0.05) is 24.3 Å². The van der Waals surface area contributed by atoms with Gasteiger partial charge in [-0.3, -0.25) is 4.90 Å². The first-order valence-electron chi connectivity index (χ1n) is 10.1. The van der Waals surface area contributed by atoms with Gasteiger partial charge in [-0.2, -0.15) is 0 Å². The number of ether oxygens (including phenoxy) is 2. The van der Waals surface area contributed by atoms with Crippen LogP contribution in [0.4, 0.5) is 4.39 Å². The molecule has 0 aliphatic carbocycles. The molecule has 0 bridgehead atoms. The van der Waals surface area contributed by atoms with E-state index in [1.807, 2.05) is 24.3 Å². The molecule has 4 nitrogen and oxygen atoms in total. The smallest absolute Gasteiger partial charge is 0.126 e. The fourth-order valence-electron chi connectivity index (χ4n) is 3.53. The Morgan fingerprint density at radius 3 is 2.61 bits per heavy atom. The molecule has 0 radical (unpaired) electrons. The molecule has 3 rings (SSSR count). The maximum Gasteiger partial charge on any atom is 0.126 e. The quantitative estimate of drug-likeness (QED) is 0.708. The van der Waals surface area contributed by atoms with Gasteiger partial charge in [-0.25, -0.2) is 4.39 Å². The first-order valence-corrected chi connectivity index (χ1v) is 10.1. The van der Waals surface area contributed by atoms with Crippen molar-refractivity contribution in [3.8, 4) is 5.75 Å². The Labute approximate surface area is 167 Å². The zero-order valence-corrected chi connectivity index (χ0v) is 16.9. The minimum absolute atomic E-state index is 0.156. The van der Waals surface area contributed by atoms with E-state index in [1.54, 1.807) is 6.92 Å². The third-order valence-electron chi connectivity index (χ3n) is 5.31. The summed E-state index contributed by atoms with van der Waals surface area (Å²) in [7, 11) is 2.16. The zero-order valence-electron chi connectivity index (χ0n) is 16.9. The van der Waals surface area contributed by atoms with Crippen LogP contribution in [-0.4, -0.2) is 44.4 Å². The van der Waals surface area contributed by atoms with E-state index in [-0.39, 0.29) is 5.82 Å². The molecular weight excluding hydrogens is 355 g/mol. The number of hydrogen-bond acceptors (Lipinski definition) is 4. The van der Waals surface area contributed by atoms with Crippen LogP contribution in [-0.2, 0) is 17.8 Å². The lowest BCUT2D eigenvalue weighted by molar-refractivity contribution is 0.0392. The second-order valence-electron chi connectivity index (χ2n) is 7.51. The Balaban J connectivity index is 1.41. The number of nitrogens with zero attached hydrogens (tertiary/aromatic N) is 1. The maximum atomic E-state index is 13.3. The van der Waals surface area contributed by atoms with Crippen molar-refractivity contribution < 1.29 is 13.9 Å². The summed E-state index contributed by atoms with van der Waals surface area (Å²) in [6.45, 7) is 6.57. The summed E-state index contributed by atoms with van der Waals surface area (Å²) in [4.78, 5) is 2.37. The van der Waals surface area contributed by atoms with Gasteiger partial charge in [-0.15, -0.1) is 0 Å². The van der Waals surface area contributed by atoms with Crippen molar-refractivity contribution in [2.45, 2.75) is 38.9 Å². The average molecular weight is 387 g/mol. The molecule has 1 saturated heterocycles. The highest BCUT2D eigenvalue weighted by Crippen LogP contribution is 2.15. The zero-order chi connectivity index (χ0) is 19.8. The van der Waals surface area contributed by atoms with E-state index in [0.717, 1.165) is 50.5 Å². The fourth-order valence-corrected chi connectivity index (χ4v) is 3.53. The minimum atomic E-state index is -0.156. The number of nitrogens with one attached hydrogen (secondary N) is 1. The molecule has 0 atom stereocenters. The van der Waals surface area contributed by atoms with Crippen molar-refractivity contribution >= 4 is 0 Å². The van der Waals surface area contributed by atoms with Crippen LogP contribution in [0.1, 0.15) is 29.5 Å². The van der Waals surface area contributed by atoms with Crippen molar-refractivity contribution in [2.75, 3.05) is 33.4 Å². The molecule has 0 unspecified atom stereocenters. The normalized spacial score (nSPS) is 15.1. The minimum Gasteiger partial charge on any atom is -0.492 e. The second kappa shape index (κ2) is 10.6. The molecule has 5 heteroatoms. The summed E-state index contributed by atoms with van der Waals surface area (Å²) in [6, 6.07) is 14.0. The fraction of sp³-hybridized carbons (Fsp3) is 0.478. The molecule has 1 aliphatic heterocycles. The van der Waals surface area contributed by atoms with Gasteiger partial charge in [0.1, 0.15) is 18.2 Å². The van der Waals surface area contributed by atoms with Crippen LogP contribution < -0.4 is 10.1 Å². The van der Waals surface area contributed by atoms with Gasteiger partial charge < -0.3 is 14.8 Å². The molecule has 152 valence electrons. The van der Waals surface area contributed by atoms with Gasteiger partial charge >= 0.3 is 0 Å². The Hall–Kier alpha value is -1.95. The van der Waals surface area contributed by atoms with Gasteiger partial charge in [0.2, 0.25) is 0 Å². The highest BCUT2D eigenvalue weighted by molar-refractivity contribution is 5.29. The molecule has 28 heavy (non-hydrogen) atoms. The molecule has 1 fully saturated rings. The van der Waals surface area contributed by atoms with Gasteiger partial charge in [0, 0.05) is 38.9 Å². The third kappa shape index (κ3) is 6.30. The Kier molecular flexibility index (Phi) is 7.83. The summed E-state index contributed by atoms with van der Waals surface area (Å²) < 4.78 is 24.7. The second-order valence-corrected chi connectivity index (χ2v) is 7.51. The van der Waals surface area contributed by atoms with Crippen molar-refractivity contribution in [1.29, 1.82) is 0 Å². The molecule has 2 aromatic rings. The van der Waals surface area contributed by atoms with Crippen molar-refractivity contribution in [2.24, 2.45) is 0 Å². The van der Waals surface area contributed by atoms with Crippen LogP contribution in [0.3, 0.4) is 0 Å². The molecule has 2 aromatic carbocycles. The number of benzene rings is 2. The maximum absolute atomic E-state index is 13.3. The third-order valence-corrected chi connectivity index (χ3v) is 5.31. The van der Waals surface area contributed by atoms with Crippen LogP contribution >= 0.6 is 0 Å². The summed E-state index contributed by atoms with van der Waals surface area (Å²) >= 11 is 0. The molecule has 1 N–H and O–H groups in total. The number of likely N-dealkylation sites (N-methyl/N-ethyl adjacent to an activating group) is 1.